The second-order valence-corrected chi connectivity index (χ2v) is 9.40. The topological polar surface area (TPSA) is 67.4 Å². The SMILES string of the molecule is O=C(c1nn(Cc2ccccn2)c2c1CN(C/C=C/c1ccco1)CC2)N1CCc2ccccc2C1. The zero-order valence-electron chi connectivity index (χ0n) is 20.2. The fourth-order valence-corrected chi connectivity index (χ4v) is 5.17. The van der Waals surface area contributed by atoms with E-state index < -0.39 is 0 Å². The number of nitrogens with zero attached hydrogens (tertiary/aromatic N) is 5. The van der Waals surface area contributed by atoms with Crippen LogP contribution in [0.2, 0.25) is 0 Å². The quantitative estimate of drug-likeness (QED) is 0.415. The summed E-state index contributed by atoms with van der Waals surface area (Å²) in [6.07, 6.45) is 9.32. The van der Waals surface area contributed by atoms with Gasteiger partial charge in [-0.15, -0.1) is 0 Å². The molecule has 0 fully saturated rings. The van der Waals surface area contributed by atoms with Crippen LogP contribution in [0.1, 0.15) is 44.3 Å². The minimum absolute atomic E-state index is 0.0218. The number of benzene rings is 1. The van der Waals surface area contributed by atoms with Crippen molar-refractivity contribution in [1.82, 2.24) is 24.6 Å². The highest BCUT2D eigenvalue weighted by atomic mass is 16.3. The van der Waals surface area contributed by atoms with Crippen molar-refractivity contribution in [3.63, 3.8) is 0 Å². The van der Waals surface area contributed by atoms with Gasteiger partial charge in [0.1, 0.15) is 5.76 Å². The Morgan fingerprint density at radius 1 is 0.972 bits per heavy atom. The Morgan fingerprint density at radius 3 is 2.69 bits per heavy atom. The molecule has 5 heterocycles. The van der Waals surface area contributed by atoms with E-state index in [1.807, 2.05) is 52.1 Å². The van der Waals surface area contributed by atoms with Crippen molar-refractivity contribution >= 4 is 12.0 Å². The summed E-state index contributed by atoms with van der Waals surface area (Å²) >= 11 is 0. The lowest BCUT2D eigenvalue weighted by atomic mass is 9.99. The van der Waals surface area contributed by atoms with E-state index in [1.165, 1.54) is 11.1 Å². The van der Waals surface area contributed by atoms with E-state index in [0.717, 1.165) is 48.6 Å². The maximum Gasteiger partial charge on any atom is 0.275 e. The van der Waals surface area contributed by atoms with Crippen LogP contribution in [0, 0.1) is 0 Å². The maximum absolute atomic E-state index is 13.8. The number of aromatic nitrogens is 3. The van der Waals surface area contributed by atoms with E-state index in [9.17, 15) is 4.79 Å². The first kappa shape index (κ1) is 22.5. The van der Waals surface area contributed by atoms with E-state index in [-0.39, 0.29) is 5.91 Å². The highest BCUT2D eigenvalue weighted by molar-refractivity contribution is 5.94. The lowest BCUT2D eigenvalue weighted by Crippen LogP contribution is -2.37. The molecule has 2 aliphatic rings. The number of fused-ring (bicyclic) bond motifs is 2. The Hall–Kier alpha value is -3.97. The second-order valence-electron chi connectivity index (χ2n) is 9.40. The number of pyridine rings is 1. The van der Waals surface area contributed by atoms with Crippen LogP contribution in [0.15, 0.2) is 77.6 Å². The van der Waals surface area contributed by atoms with Crippen molar-refractivity contribution in [2.24, 2.45) is 0 Å². The Balaban J connectivity index is 1.27. The average molecular weight is 480 g/mol. The fourth-order valence-electron chi connectivity index (χ4n) is 5.17. The van der Waals surface area contributed by atoms with Gasteiger partial charge >= 0.3 is 0 Å². The number of carbonyl (C=O) groups is 1. The fraction of sp³-hybridized carbons (Fsp3) is 0.276. The van der Waals surface area contributed by atoms with Crippen LogP contribution in [-0.2, 0) is 32.5 Å². The molecular formula is C29H29N5O2. The molecule has 0 aliphatic carbocycles. The van der Waals surface area contributed by atoms with Gasteiger partial charge in [0.25, 0.3) is 5.91 Å². The maximum atomic E-state index is 13.8. The van der Waals surface area contributed by atoms with Gasteiger partial charge in [0, 0.05) is 56.6 Å². The number of hydrogen-bond donors (Lipinski definition) is 0. The zero-order chi connectivity index (χ0) is 24.3. The summed E-state index contributed by atoms with van der Waals surface area (Å²) < 4.78 is 7.41. The van der Waals surface area contributed by atoms with Gasteiger partial charge in [0.05, 0.1) is 18.5 Å². The van der Waals surface area contributed by atoms with Gasteiger partial charge in [0.15, 0.2) is 5.69 Å². The second kappa shape index (κ2) is 9.95. The Labute approximate surface area is 210 Å². The molecule has 0 spiro atoms. The minimum atomic E-state index is 0.0218. The first-order valence-corrected chi connectivity index (χ1v) is 12.5. The van der Waals surface area contributed by atoms with Gasteiger partial charge in [-0.2, -0.15) is 5.10 Å². The van der Waals surface area contributed by atoms with Crippen LogP contribution in [0.25, 0.3) is 6.08 Å². The van der Waals surface area contributed by atoms with Gasteiger partial charge in [-0.25, -0.2) is 0 Å². The largest absolute Gasteiger partial charge is 0.465 e. The minimum Gasteiger partial charge on any atom is -0.465 e. The molecule has 0 unspecified atom stereocenters. The van der Waals surface area contributed by atoms with Gasteiger partial charge in [-0.05, 0) is 47.9 Å². The van der Waals surface area contributed by atoms with E-state index in [0.29, 0.717) is 31.9 Å². The van der Waals surface area contributed by atoms with Crippen molar-refractivity contribution < 1.29 is 9.21 Å². The highest BCUT2D eigenvalue weighted by Crippen LogP contribution is 2.27. The lowest BCUT2D eigenvalue weighted by molar-refractivity contribution is 0.0725. The van der Waals surface area contributed by atoms with Gasteiger partial charge in [0.2, 0.25) is 0 Å². The molecule has 36 heavy (non-hydrogen) atoms. The highest BCUT2D eigenvalue weighted by Gasteiger charge is 2.31. The van der Waals surface area contributed by atoms with E-state index in [2.05, 4.69) is 34.2 Å². The average Bonchev–Trinajstić information content (AvgIpc) is 3.57. The number of carbonyl (C=O) groups excluding carboxylic acids is 1. The smallest absolute Gasteiger partial charge is 0.275 e. The van der Waals surface area contributed by atoms with Crippen molar-refractivity contribution in [3.8, 4) is 0 Å². The third-order valence-corrected chi connectivity index (χ3v) is 7.06. The summed E-state index contributed by atoms with van der Waals surface area (Å²) in [5.41, 5.74) is 6.28. The van der Waals surface area contributed by atoms with Crippen molar-refractivity contribution in [1.29, 1.82) is 0 Å². The number of furan rings is 1. The molecule has 182 valence electrons. The molecule has 7 heteroatoms. The van der Waals surface area contributed by atoms with Crippen LogP contribution in [0.4, 0.5) is 0 Å². The lowest BCUT2D eigenvalue weighted by Gasteiger charge is -2.30. The van der Waals surface area contributed by atoms with Gasteiger partial charge in [-0.1, -0.05) is 36.4 Å². The van der Waals surface area contributed by atoms with Crippen LogP contribution >= 0.6 is 0 Å². The molecule has 4 aromatic rings. The predicted octanol–water partition coefficient (Wildman–Crippen LogP) is 4.19. The van der Waals surface area contributed by atoms with Crippen LogP contribution in [0.5, 0.6) is 0 Å². The zero-order valence-corrected chi connectivity index (χ0v) is 20.2. The number of amides is 1. The third kappa shape index (κ3) is 4.62. The molecule has 7 nitrogen and oxygen atoms in total. The van der Waals surface area contributed by atoms with E-state index >= 15 is 0 Å². The molecular weight excluding hydrogens is 450 g/mol. The molecule has 0 radical (unpaired) electrons. The molecule has 6 rings (SSSR count). The van der Waals surface area contributed by atoms with Crippen molar-refractivity contribution in [2.45, 2.75) is 32.5 Å². The molecule has 3 aromatic heterocycles. The first-order chi connectivity index (χ1) is 17.7. The molecule has 0 saturated carbocycles. The van der Waals surface area contributed by atoms with Crippen molar-refractivity contribution in [2.75, 3.05) is 19.6 Å². The monoisotopic (exact) mass is 479 g/mol. The van der Waals surface area contributed by atoms with Gasteiger partial charge < -0.3 is 9.32 Å². The molecule has 1 amide bonds. The summed E-state index contributed by atoms with van der Waals surface area (Å²) in [5, 5.41) is 4.90. The normalized spacial score (nSPS) is 15.7. The number of hydrogen-bond acceptors (Lipinski definition) is 5. The molecule has 1 aromatic carbocycles. The Bertz CT molecular complexity index is 1370. The van der Waals surface area contributed by atoms with E-state index in [4.69, 9.17) is 9.52 Å². The van der Waals surface area contributed by atoms with Crippen LogP contribution < -0.4 is 0 Å². The summed E-state index contributed by atoms with van der Waals surface area (Å²) in [6.45, 7) is 4.31. The summed E-state index contributed by atoms with van der Waals surface area (Å²) in [5.74, 6) is 0.866. The summed E-state index contributed by atoms with van der Waals surface area (Å²) in [6, 6.07) is 18.1. The molecule has 0 saturated heterocycles. The third-order valence-electron chi connectivity index (χ3n) is 7.06. The Morgan fingerprint density at radius 2 is 1.86 bits per heavy atom. The predicted molar refractivity (Wildman–Crippen MR) is 137 cm³/mol. The summed E-state index contributed by atoms with van der Waals surface area (Å²) in [4.78, 5) is 22.6. The molecule has 0 N–H and O–H groups in total. The van der Waals surface area contributed by atoms with E-state index in [1.54, 1.807) is 12.5 Å². The van der Waals surface area contributed by atoms with Crippen molar-refractivity contribution in [3.05, 3.63) is 113 Å². The number of rotatable bonds is 6. The summed E-state index contributed by atoms with van der Waals surface area (Å²) in [7, 11) is 0. The molecule has 2 aliphatic heterocycles. The van der Waals surface area contributed by atoms with Crippen LogP contribution in [-0.4, -0.2) is 50.1 Å². The Kier molecular flexibility index (Phi) is 6.22. The van der Waals surface area contributed by atoms with Crippen LogP contribution in [0.3, 0.4) is 0 Å². The first-order valence-electron chi connectivity index (χ1n) is 12.5. The van der Waals surface area contributed by atoms with Gasteiger partial charge in [-0.3, -0.25) is 19.4 Å². The molecule has 0 atom stereocenters. The molecule has 0 bridgehead atoms. The standard InChI is InChI=1S/C29H29N5O2/c35-29(33-17-12-22-7-1-2-8-23(22)19-33)28-26-21-32(15-5-10-25-11-6-18-36-25)16-13-27(26)34(31-28)20-24-9-3-4-14-30-24/h1-11,14,18H,12-13,15-17,19-21H2/b10-5+.